The first-order chi connectivity index (χ1) is 15.0. The van der Waals surface area contributed by atoms with Crippen molar-refractivity contribution >= 4 is 46.2 Å². The summed E-state index contributed by atoms with van der Waals surface area (Å²) in [5.74, 6) is -0.705. The standard InChI is InChI=1S/C21H18N6O4/c1-2-31-20(30)13-4-3-5-15(10-13)25-21-26-17-16(22-11-23-17)18(27-21)24-14-8-6-12(7-9-14)19(28)29/h3-11H,2H2,1H3,(H,28,29)(H3,22,23,24,25,26,27). The number of ether oxygens (including phenoxy) is 1. The molecule has 0 saturated carbocycles. The predicted octanol–water partition coefficient (Wildman–Crippen LogP) is 3.72. The molecule has 0 unspecified atom stereocenters. The molecular weight excluding hydrogens is 400 g/mol. The molecular formula is C21H18N6O4. The Morgan fingerprint density at radius 2 is 1.84 bits per heavy atom. The van der Waals surface area contributed by atoms with Gasteiger partial charge in [-0.05, 0) is 49.4 Å². The molecule has 0 radical (unpaired) electrons. The van der Waals surface area contributed by atoms with Crippen molar-refractivity contribution in [2.45, 2.75) is 6.92 Å². The molecule has 2 heterocycles. The number of anilines is 4. The van der Waals surface area contributed by atoms with Crippen LogP contribution in [0.15, 0.2) is 54.9 Å². The van der Waals surface area contributed by atoms with E-state index in [0.29, 0.717) is 40.5 Å². The van der Waals surface area contributed by atoms with Gasteiger partial charge in [-0.2, -0.15) is 9.97 Å². The molecule has 4 aromatic rings. The van der Waals surface area contributed by atoms with Crippen molar-refractivity contribution in [3.05, 3.63) is 66.0 Å². The first kappa shape index (κ1) is 19.8. The van der Waals surface area contributed by atoms with E-state index in [9.17, 15) is 9.59 Å². The highest BCUT2D eigenvalue weighted by molar-refractivity contribution is 5.91. The lowest BCUT2D eigenvalue weighted by Crippen LogP contribution is -2.06. The Balaban J connectivity index is 1.62. The van der Waals surface area contributed by atoms with Crippen LogP contribution in [0.1, 0.15) is 27.6 Å². The Kier molecular flexibility index (Phi) is 5.43. The maximum atomic E-state index is 12.0. The van der Waals surface area contributed by atoms with E-state index in [1.807, 2.05) is 0 Å². The van der Waals surface area contributed by atoms with Crippen molar-refractivity contribution in [1.29, 1.82) is 0 Å². The maximum absolute atomic E-state index is 12.0. The highest BCUT2D eigenvalue weighted by Gasteiger charge is 2.13. The highest BCUT2D eigenvalue weighted by Crippen LogP contribution is 2.25. The molecule has 156 valence electrons. The lowest BCUT2D eigenvalue weighted by atomic mass is 10.2. The molecule has 31 heavy (non-hydrogen) atoms. The minimum Gasteiger partial charge on any atom is -0.478 e. The van der Waals surface area contributed by atoms with Crippen LogP contribution in [-0.4, -0.2) is 43.6 Å². The van der Waals surface area contributed by atoms with Crippen molar-refractivity contribution < 1.29 is 19.4 Å². The number of fused-ring (bicyclic) bond motifs is 1. The summed E-state index contributed by atoms with van der Waals surface area (Å²) in [5, 5.41) is 15.3. The summed E-state index contributed by atoms with van der Waals surface area (Å²) >= 11 is 0. The second kappa shape index (κ2) is 8.49. The highest BCUT2D eigenvalue weighted by atomic mass is 16.5. The van der Waals surface area contributed by atoms with Crippen molar-refractivity contribution in [1.82, 2.24) is 19.9 Å². The van der Waals surface area contributed by atoms with Gasteiger partial charge < -0.3 is 25.5 Å². The van der Waals surface area contributed by atoms with Crippen LogP contribution in [0.25, 0.3) is 11.2 Å². The van der Waals surface area contributed by atoms with Crippen LogP contribution in [-0.2, 0) is 4.74 Å². The lowest BCUT2D eigenvalue weighted by Gasteiger charge is -2.10. The zero-order valence-electron chi connectivity index (χ0n) is 16.4. The van der Waals surface area contributed by atoms with Gasteiger partial charge >= 0.3 is 11.9 Å². The maximum Gasteiger partial charge on any atom is 0.338 e. The van der Waals surface area contributed by atoms with Crippen LogP contribution in [0.4, 0.5) is 23.1 Å². The smallest absolute Gasteiger partial charge is 0.338 e. The number of carbonyl (C=O) groups excluding carboxylic acids is 1. The zero-order chi connectivity index (χ0) is 21.8. The molecule has 4 rings (SSSR count). The van der Waals surface area contributed by atoms with Gasteiger partial charge in [0.1, 0.15) is 0 Å². The number of carbonyl (C=O) groups is 2. The van der Waals surface area contributed by atoms with Gasteiger partial charge in [-0.3, -0.25) is 0 Å². The molecule has 0 atom stereocenters. The third kappa shape index (κ3) is 4.42. The topological polar surface area (TPSA) is 142 Å². The van der Waals surface area contributed by atoms with E-state index >= 15 is 0 Å². The van der Waals surface area contributed by atoms with Crippen LogP contribution in [0.5, 0.6) is 0 Å². The lowest BCUT2D eigenvalue weighted by molar-refractivity contribution is 0.0526. The van der Waals surface area contributed by atoms with Crippen molar-refractivity contribution in [3.63, 3.8) is 0 Å². The molecule has 0 fully saturated rings. The Labute approximate surface area is 176 Å². The van der Waals surface area contributed by atoms with E-state index in [1.54, 1.807) is 43.3 Å². The van der Waals surface area contributed by atoms with Gasteiger partial charge in [-0.15, -0.1) is 0 Å². The number of carboxylic acid groups (broad SMARTS) is 1. The molecule has 0 aliphatic heterocycles. The number of esters is 1. The minimum atomic E-state index is -1.00. The quantitative estimate of drug-likeness (QED) is 0.330. The SMILES string of the molecule is CCOC(=O)c1cccc(Nc2nc(Nc3ccc(C(=O)O)cc3)c3nc[nH]c3n2)c1. The molecule has 0 saturated heterocycles. The summed E-state index contributed by atoms with van der Waals surface area (Å²) in [6.45, 7) is 2.04. The van der Waals surface area contributed by atoms with Crippen LogP contribution >= 0.6 is 0 Å². The fourth-order valence-electron chi connectivity index (χ4n) is 2.88. The molecule has 2 aromatic carbocycles. The van der Waals surface area contributed by atoms with Gasteiger partial charge in [0, 0.05) is 11.4 Å². The molecule has 0 spiro atoms. The van der Waals surface area contributed by atoms with Crippen molar-refractivity contribution in [3.8, 4) is 0 Å². The average Bonchev–Trinajstić information content (AvgIpc) is 3.23. The molecule has 10 nitrogen and oxygen atoms in total. The molecule has 0 aliphatic rings. The number of benzene rings is 2. The number of carboxylic acids is 1. The second-order valence-electron chi connectivity index (χ2n) is 6.43. The van der Waals surface area contributed by atoms with E-state index < -0.39 is 11.9 Å². The number of imidazole rings is 1. The van der Waals surface area contributed by atoms with Crippen molar-refractivity contribution in [2.24, 2.45) is 0 Å². The van der Waals surface area contributed by atoms with E-state index in [2.05, 4.69) is 30.6 Å². The van der Waals surface area contributed by atoms with E-state index in [4.69, 9.17) is 9.84 Å². The largest absolute Gasteiger partial charge is 0.478 e. The monoisotopic (exact) mass is 418 g/mol. The molecule has 0 aliphatic carbocycles. The van der Waals surface area contributed by atoms with Gasteiger partial charge in [0.15, 0.2) is 17.0 Å². The number of nitrogens with zero attached hydrogens (tertiary/aromatic N) is 3. The summed E-state index contributed by atoms with van der Waals surface area (Å²) < 4.78 is 5.03. The van der Waals surface area contributed by atoms with Crippen molar-refractivity contribution in [2.75, 3.05) is 17.2 Å². The van der Waals surface area contributed by atoms with Gasteiger partial charge in [-0.25, -0.2) is 14.6 Å². The summed E-state index contributed by atoms with van der Waals surface area (Å²) in [5.41, 5.74) is 2.87. The second-order valence-corrected chi connectivity index (χ2v) is 6.43. The minimum absolute atomic E-state index is 0.182. The number of hydrogen-bond donors (Lipinski definition) is 4. The van der Waals surface area contributed by atoms with Crippen LogP contribution in [0.2, 0.25) is 0 Å². The number of H-pyrrole nitrogens is 1. The number of rotatable bonds is 7. The molecule has 2 aromatic heterocycles. The summed E-state index contributed by atoms with van der Waals surface area (Å²) in [4.78, 5) is 39.1. The van der Waals surface area contributed by atoms with Crippen LogP contribution in [0, 0.1) is 0 Å². The Morgan fingerprint density at radius 1 is 1.03 bits per heavy atom. The number of nitrogens with one attached hydrogen (secondary N) is 3. The first-order valence-corrected chi connectivity index (χ1v) is 9.39. The summed E-state index contributed by atoms with van der Waals surface area (Å²) in [6, 6.07) is 13.1. The number of aromatic amines is 1. The van der Waals surface area contributed by atoms with E-state index in [-0.39, 0.29) is 11.5 Å². The number of hydrogen-bond acceptors (Lipinski definition) is 8. The van der Waals surface area contributed by atoms with Gasteiger partial charge in [0.2, 0.25) is 5.95 Å². The van der Waals surface area contributed by atoms with E-state index in [1.165, 1.54) is 18.5 Å². The van der Waals surface area contributed by atoms with Gasteiger partial charge in [0.25, 0.3) is 0 Å². The Bertz CT molecular complexity index is 1250. The first-order valence-electron chi connectivity index (χ1n) is 9.39. The van der Waals surface area contributed by atoms with Crippen LogP contribution in [0.3, 0.4) is 0 Å². The summed E-state index contributed by atoms with van der Waals surface area (Å²) in [6.07, 6.45) is 1.50. The Morgan fingerprint density at radius 3 is 2.58 bits per heavy atom. The number of aromatic nitrogens is 4. The Hall–Kier alpha value is -4.47. The molecule has 0 bridgehead atoms. The normalized spacial score (nSPS) is 10.6. The van der Waals surface area contributed by atoms with Gasteiger partial charge in [-0.1, -0.05) is 6.07 Å². The fraction of sp³-hybridized carbons (Fsp3) is 0.0952. The summed E-state index contributed by atoms with van der Waals surface area (Å²) in [7, 11) is 0. The van der Waals surface area contributed by atoms with Crippen LogP contribution < -0.4 is 10.6 Å². The number of aromatic carboxylic acids is 1. The van der Waals surface area contributed by atoms with Gasteiger partial charge in [0.05, 0.1) is 24.1 Å². The molecule has 10 heteroatoms. The fourth-order valence-corrected chi connectivity index (χ4v) is 2.88. The average molecular weight is 418 g/mol. The third-order valence-electron chi connectivity index (χ3n) is 4.30. The zero-order valence-corrected chi connectivity index (χ0v) is 16.4. The molecule has 0 amide bonds. The third-order valence-corrected chi connectivity index (χ3v) is 4.30. The predicted molar refractivity (Wildman–Crippen MR) is 114 cm³/mol. The van der Waals surface area contributed by atoms with E-state index in [0.717, 1.165) is 0 Å². The molecule has 4 N–H and O–H groups in total.